The summed E-state index contributed by atoms with van der Waals surface area (Å²) in [5, 5.41) is 0. The highest BCUT2D eigenvalue weighted by atomic mass is 28.1. The van der Waals surface area contributed by atoms with Crippen LogP contribution in [0.4, 0.5) is 0 Å². The van der Waals surface area contributed by atoms with Crippen molar-refractivity contribution in [3.63, 3.8) is 0 Å². The molecule has 0 bridgehead atoms. The maximum absolute atomic E-state index is 5.83. The first-order chi connectivity index (χ1) is 11.4. The van der Waals surface area contributed by atoms with Gasteiger partial charge in [0.25, 0.3) is 0 Å². The Morgan fingerprint density at radius 3 is 1.04 bits per heavy atom. The fraction of sp³-hybridized carbons (Fsp3) is 1.00. The topological polar surface area (TPSA) is 55.4 Å². The van der Waals surface area contributed by atoms with Crippen molar-refractivity contribution in [2.45, 2.75) is 48.7 Å². The lowest BCUT2D eigenvalue weighted by molar-refractivity contribution is -0.298. The summed E-state index contributed by atoms with van der Waals surface area (Å²) < 4.78 is 34.5. The van der Waals surface area contributed by atoms with Crippen molar-refractivity contribution in [1.29, 1.82) is 0 Å². The number of hydrogen-bond donors (Lipinski definition) is 0. The Balaban J connectivity index is 2.91. The van der Waals surface area contributed by atoms with E-state index in [0.29, 0.717) is 11.8 Å². The van der Waals surface area contributed by atoms with E-state index < -0.39 is 11.6 Å². The molecule has 0 aromatic rings. The van der Waals surface area contributed by atoms with Gasteiger partial charge in [-0.2, -0.15) is 0 Å². The largest absolute Gasteiger partial charge is 0.380 e. The van der Waals surface area contributed by atoms with Crippen molar-refractivity contribution < 1.29 is 28.4 Å². The summed E-state index contributed by atoms with van der Waals surface area (Å²) in [4.78, 5) is 0. The first-order valence-corrected chi connectivity index (χ1v) is 11.0. The lowest BCUT2D eigenvalue weighted by atomic mass is 9.74. The lowest BCUT2D eigenvalue weighted by Gasteiger charge is -2.48. The standard InChI is InChI=1S/C16H36O6Si2/c1-17-13(23)15(19-3,20-4)11-7-9-12(10-8-11)16(21-5,22-6)14(24)18-2/h11-14H,7-10H2,1-6,23-24H3. The van der Waals surface area contributed by atoms with Gasteiger partial charge in [-0.1, -0.05) is 0 Å². The molecule has 0 heterocycles. The zero-order valence-electron chi connectivity index (χ0n) is 16.6. The summed E-state index contributed by atoms with van der Waals surface area (Å²) in [5.41, 5.74) is -0.0112. The molecule has 1 saturated carbocycles. The molecule has 1 aliphatic rings. The summed E-state index contributed by atoms with van der Waals surface area (Å²) in [6, 6.07) is 0. The molecule has 1 fully saturated rings. The van der Waals surface area contributed by atoms with E-state index in [0.717, 1.165) is 46.2 Å². The number of rotatable bonds is 10. The molecule has 0 amide bonds. The van der Waals surface area contributed by atoms with Crippen LogP contribution in [-0.2, 0) is 28.4 Å². The van der Waals surface area contributed by atoms with Gasteiger partial charge in [-0.05, 0) is 25.7 Å². The predicted molar refractivity (Wildman–Crippen MR) is 100 cm³/mol. The Labute approximate surface area is 152 Å². The van der Waals surface area contributed by atoms with Crippen LogP contribution in [0.3, 0.4) is 0 Å². The summed E-state index contributed by atoms with van der Waals surface area (Å²) in [6.45, 7) is 0. The monoisotopic (exact) mass is 380 g/mol. The van der Waals surface area contributed by atoms with Crippen molar-refractivity contribution in [2.75, 3.05) is 42.7 Å². The van der Waals surface area contributed by atoms with Crippen molar-refractivity contribution in [3.8, 4) is 0 Å². The van der Waals surface area contributed by atoms with Crippen LogP contribution in [0.1, 0.15) is 25.7 Å². The quantitative estimate of drug-likeness (QED) is 0.374. The zero-order valence-corrected chi connectivity index (χ0v) is 20.6. The molecule has 0 spiro atoms. The Kier molecular flexibility index (Phi) is 9.05. The van der Waals surface area contributed by atoms with E-state index in [2.05, 4.69) is 0 Å². The third kappa shape index (κ3) is 3.96. The molecule has 0 aromatic heterocycles. The summed E-state index contributed by atoms with van der Waals surface area (Å²) in [7, 11) is 12.0. The maximum atomic E-state index is 5.83. The number of ether oxygens (including phenoxy) is 6. The molecule has 0 aromatic carbocycles. The molecular weight excluding hydrogens is 344 g/mol. The van der Waals surface area contributed by atoms with Crippen molar-refractivity contribution >= 4 is 20.5 Å². The molecule has 0 aliphatic heterocycles. The average molecular weight is 381 g/mol. The summed E-state index contributed by atoms with van der Waals surface area (Å²) >= 11 is 0. The third-order valence-corrected chi connectivity index (χ3v) is 8.53. The van der Waals surface area contributed by atoms with Crippen LogP contribution in [0.5, 0.6) is 0 Å². The van der Waals surface area contributed by atoms with Gasteiger partial charge in [0.15, 0.2) is 11.6 Å². The van der Waals surface area contributed by atoms with Gasteiger partial charge in [0.05, 0.1) is 11.5 Å². The van der Waals surface area contributed by atoms with E-state index in [1.165, 1.54) is 0 Å². The highest BCUT2D eigenvalue weighted by Gasteiger charge is 2.51. The smallest absolute Gasteiger partial charge is 0.192 e. The fourth-order valence-electron chi connectivity index (χ4n) is 4.39. The summed E-state index contributed by atoms with van der Waals surface area (Å²) in [6.07, 6.45) is 3.95. The van der Waals surface area contributed by atoms with Gasteiger partial charge >= 0.3 is 0 Å². The van der Waals surface area contributed by atoms with E-state index in [-0.39, 0.29) is 11.5 Å². The van der Waals surface area contributed by atoms with Gasteiger partial charge in [0.1, 0.15) is 0 Å². The first-order valence-electron chi connectivity index (χ1n) is 8.68. The molecule has 0 radical (unpaired) electrons. The Hall–Kier alpha value is 0.194. The number of methoxy groups -OCH3 is 6. The predicted octanol–water partition coefficient (Wildman–Crippen LogP) is -0.553. The van der Waals surface area contributed by atoms with Crippen LogP contribution in [0, 0.1) is 11.8 Å². The van der Waals surface area contributed by atoms with Gasteiger partial charge in [-0.15, -0.1) is 0 Å². The van der Waals surface area contributed by atoms with E-state index in [1.807, 2.05) is 0 Å². The minimum absolute atomic E-state index is 0.00559. The van der Waals surface area contributed by atoms with E-state index in [4.69, 9.17) is 28.4 Å². The molecule has 1 rings (SSSR count). The van der Waals surface area contributed by atoms with Gasteiger partial charge in [0, 0.05) is 75.0 Å². The molecule has 8 heteroatoms. The van der Waals surface area contributed by atoms with Crippen molar-refractivity contribution in [2.24, 2.45) is 11.8 Å². The Morgan fingerprint density at radius 1 is 0.625 bits per heavy atom. The molecule has 144 valence electrons. The first kappa shape index (κ1) is 22.2. The summed E-state index contributed by atoms with van der Waals surface area (Å²) in [5.74, 6) is -0.715. The van der Waals surface area contributed by atoms with Crippen LogP contribution in [0.2, 0.25) is 0 Å². The van der Waals surface area contributed by atoms with Crippen molar-refractivity contribution in [1.82, 2.24) is 0 Å². The van der Waals surface area contributed by atoms with Crippen molar-refractivity contribution in [3.05, 3.63) is 0 Å². The molecule has 0 N–H and O–H groups in total. The lowest BCUT2D eigenvalue weighted by Crippen LogP contribution is -2.57. The minimum atomic E-state index is -0.656. The van der Waals surface area contributed by atoms with E-state index >= 15 is 0 Å². The molecule has 2 unspecified atom stereocenters. The highest BCUT2D eigenvalue weighted by molar-refractivity contribution is 6.12. The van der Waals surface area contributed by atoms with Crippen LogP contribution in [0.25, 0.3) is 0 Å². The van der Waals surface area contributed by atoms with E-state index in [9.17, 15) is 0 Å². The minimum Gasteiger partial charge on any atom is -0.380 e. The second-order valence-corrected chi connectivity index (χ2v) is 8.66. The SMILES string of the molecule is COC([SiH3])C(OC)(OC)C1CCC(C(OC)(OC)C([SiH3])OC)CC1. The Morgan fingerprint density at radius 2 is 0.875 bits per heavy atom. The number of hydrogen-bond acceptors (Lipinski definition) is 6. The fourth-order valence-corrected chi connectivity index (χ4v) is 6.27. The van der Waals surface area contributed by atoms with Gasteiger partial charge < -0.3 is 28.4 Å². The zero-order chi connectivity index (χ0) is 18.4. The van der Waals surface area contributed by atoms with Gasteiger partial charge in [-0.3, -0.25) is 0 Å². The van der Waals surface area contributed by atoms with Gasteiger partial charge in [-0.25, -0.2) is 0 Å². The molecule has 6 nitrogen and oxygen atoms in total. The van der Waals surface area contributed by atoms with Crippen LogP contribution in [-0.4, -0.2) is 86.2 Å². The van der Waals surface area contributed by atoms with Crippen LogP contribution in [0.15, 0.2) is 0 Å². The van der Waals surface area contributed by atoms with E-state index in [1.54, 1.807) is 42.7 Å². The average Bonchev–Trinajstić information content (AvgIpc) is 2.65. The van der Waals surface area contributed by atoms with Crippen LogP contribution < -0.4 is 0 Å². The maximum Gasteiger partial charge on any atom is 0.192 e. The third-order valence-electron chi connectivity index (χ3n) is 5.98. The molecular formula is C16H36O6Si2. The molecule has 1 aliphatic carbocycles. The second kappa shape index (κ2) is 9.77. The normalized spacial score (nSPS) is 25.8. The van der Waals surface area contributed by atoms with Gasteiger partial charge in [0.2, 0.25) is 0 Å². The Bertz CT molecular complexity index is 320. The molecule has 0 saturated heterocycles. The highest BCUT2D eigenvalue weighted by Crippen LogP contribution is 2.44. The second-order valence-electron chi connectivity index (χ2n) is 6.56. The van der Waals surface area contributed by atoms with Crippen LogP contribution >= 0.6 is 0 Å². The molecule has 2 atom stereocenters. The molecule has 24 heavy (non-hydrogen) atoms.